The normalized spacial score (nSPS) is 20.8. The first-order chi connectivity index (χ1) is 11.9. The van der Waals surface area contributed by atoms with Gasteiger partial charge in [-0.2, -0.15) is 4.31 Å². The maximum Gasteiger partial charge on any atom is 0.338 e. The molecule has 7 nitrogen and oxygen atoms in total. The number of carbonyl (C=O) groups is 1. The second kappa shape index (κ2) is 7.71. The third-order valence-electron chi connectivity index (χ3n) is 4.59. The van der Waals surface area contributed by atoms with Crippen LogP contribution in [0.1, 0.15) is 47.0 Å². The van der Waals surface area contributed by atoms with Gasteiger partial charge in [0.1, 0.15) is 4.21 Å². The summed E-state index contributed by atoms with van der Waals surface area (Å²) < 4.78 is 33.5. The molecule has 0 bridgehead atoms. The average molecular weight is 389 g/mol. The Hall–Kier alpha value is -1.00. The second-order valence-corrected chi connectivity index (χ2v) is 9.63. The van der Waals surface area contributed by atoms with E-state index in [0.717, 1.165) is 29.1 Å². The lowest BCUT2D eigenvalue weighted by Crippen LogP contribution is -2.38. The van der Waals surface area contributed by atoms with Crippen molar-refractivity contribution in [1.29, 1.82) is 0 Å². The lowest BCUT2D eigenvalue weighted by atomic mass is 10.1. The van der Waals surface area contributed by atoms with Gasteiger partial charge in [-0.3, -0.25) is 0 Å². The molecule has 140 valence electrons. The number of aromatic carboxylic acids is 1. The summed E-state index contributed by atoms with van der Waals surface area (Å²) in [4.78, 5) is 12.6. The number of rotatable bonds is 7. The van der Waals surface area contributed by atoms with Crippen LogP contribution in [0.2, 0.25) is 0 Å². The molecule has 0 saturated carbocycles. The van der Waals surface area contributed by atoms with E-state index in [1.165, 1.54) is 4.31 Å². The fourth-order valence-electron chi connectivity index (χ4n) is 3.40. The summed E-state index contributed by atoms with van der Waals surface area (Å²) in [7, 11) is -3.86. The average Bonchev–Trinajstić information content (AvgIpc) is 3.21. The van der Waals surface area contributed by atoms with Crippen LogP contribution >= 0.6 is 11.3 Å². The van der Waals surface area contributed by atoms with E-state index >= 15 is 0 Å². The molecule has 25 heavy (non-hydrogen) atoms. The predicted molar refractivity (Wildman–Crippen MR) is 94.7 cm³/mol. The Bertz CT molecular complexity index is 738. The first kappa shape index (κ1) is 18.8. The van der Waals surface area contributed by atoms with Gasteiger partial charge in [0.2, 0.25) is 0 Å². The van der Waals surface area contributed by atoms with Crippen molar-refractivity contribution in [3.05, 3.63) is 16.0 Å². The molecule has 3 heterocycles. The maximum atomic E-state index is 13.3. The van der Waals surface area contributed by atoms with Crippen molar-refractivity contribution in [2.24, 2.45) is 0 Å². The second-order valence-electron chi connectivity index (χ2n) is 6.40. The Kier molecular flexibility index (Phi) is 5.79. The van der Waals surface area contributed by atoms with Gasteiger partial charge in [-0.25, -0.2) is 13.2 Å². The van der Waals surface area contributed by atoms with E-state index in [9.17, 15) is 18.3 Å². The molecule has 0 unspecified atom stereocenters. The van der Waals surface area contributed by atoms with Gasteiger partial charge in [0.15, 0.2) is 0 Å². The Labute approximate surface area is 152 Å². The molecule has 2 aliphatic heterocycles. The molecule has 2 aliphatic rings. The zero-order valence-corrected chi connectivity index (χ0v) is 15.9. The summed E-state index contributed by atoms with van der Waals surface area (Å²) in [6.45, 7) is 4.41. The number of carboxylic acid groups (broad SMARTS) is 1. The van der Waals surface area contributed by atoms with Crippen LogP contribution in [0.4, 0.5) is 0 Å². The van der Waals surface area contributed by atoms with Gasteiger partial charge >= 0.3 is 5.97 Å². The van der Waals surface area contributed by atoms with Gasteiger partial charge in [0.05, 0.1) is 11.7 Å². The Morgan fingerprint density at radius 1 is 1.48 bits per heavy atom. The smallest absolute Gasteiger partial charge is 0.338 e. The zero-order chi connectivity index (χ0) is 18.0. The third-order valence-corrected chi connectivity index (χ3v) is 8.18. The molecule has 1 aromatic rings. The molecule has 0 amide bonds. The molecule has 1 atom stereocenters. The van der Waals surface area contributed by atoms with E-state index in [0.29, 0.717) is 44.6 Å². The molecule has 0 aliphatic carbocycles. The van der Waals surface area contributed by atoms with Crippen molar-refractivity contribution in [2.75, 3.05) is 26.2 Å². The first-order valence-electron chi connectivity index (χ1n) is 8.65. The van der Waals surface area contributed by atoms with Gasteiger partial charge in [0.25, 0.3) is 10.0 Å². The molecule has 0 radical (unpaired) electrons. The monoisotopic (exact) mass is 388 g/mol. The number of thiophene rings is 1. The summed E-state index contributed by atoms with van der Waals surface area (Å²) in [5.74, 6) is -1.16. The van der Waals surface area contributed by atoms with Gasteiger partial charge < -0.3 is 15.2 Å². The van der Waals surface area contributed by atoms with Crippen molar-refractivity contribution in [3.8, 4) is 0 Å². The molecular formula is C16H24N2O5S2. The summed E-state index contributed by atoms with van der Waals surface area (Å²) in [5.41, 5.74) is 0.637. The number of nitrogens with one attached hydrogen (secondary N) is 1. The number of nitrogens with zero attached hydrogens (tertiary/aromatic N) is 1. The summed E-state index contributed by atoms with van der Waals surface area (Å²) in [6, 6.07) is 0. The van der Waals surface area contributed by atoms with E-state index in [1.807, 2.05) is 6.92 Å². The van der Waals surface area contributed by atoms with Crippen LogP contribution in [0, 0.1) is 0 Å². The van der Waals surface area contributed by atoms with Crippen LogP contribution in [0.25, 0.3) is 0 Å². The number of fused-ring (bicyclic) bond motifs is 1. The zero-order valence-electron chi connectivity index (χ0n) is 14.3. The fourth-order valence-corrected chi connectivity index (χ4v) is 6.96. The molecular weight excluding hydrogens is 364 g/mol. The minimum Gasteiger partial charge on any atom is -0.478 e. The fraction of sp³-hybridized carbons (Fsp3) is 0.688. The summed E-state index contributed by atoms with van der Waals surface area (Å²) >= 11 is 1.10. The Balaban J connectivity index is 1.99. The number of ether oxygens (including phenoxy) is 1. The molecule has 0 aromatic carbocycles. The summed E-state index contributed by atoms with van der Waals surface area (Å²) in [5, 5.41) is 12.8. The van der Waals surface area contributed by atoms with Gasteiger partial charge in [-0.15, -0.1) is 11.3 Å². The highest BCUT2D eigenvalue weighted by Crippen LogP contribution is 2.36. The van der Waals surface area contributed by atoms with Gasteiger partial charge in [-0.1, -0.05) is 6.92 Å². The van der Waals surface area contributed by atoms with Crippen LogP contribution in [0.3, 0.4) is 0 Å². The minimum absolute atomic E-state index is 0.0276. The number of hydrogen-bond acceptors (Lipinski definition) is 6. The quantitative estimate of drug-likeness (QED) is 0.738. The Morgan fingerprint density at radius 2 is 2.28 bits per heavy atom. The number of sulfonamides is 1. The molecule has 2 N–H and O–H groups in total. The largest absolute Gasteiger partial charge is 0.478 e. The van der Waals surface area contributed by atoms with E-state index in [-0.39, 0.29) is 22.4 Å². The van der Waals surface area contributed by atoms with E-state index in [1.54, 1.807) is 0 Å². The number of carboxylic acids is 1. The third kappa shape index (κ3) is 3.75. The maximum absolute atomic E-state index is 13.3. The molecule has 3 rings (SSSR count). The SMILES string of the molecule is CCCN(C[C@@H]1CCCO1)S(=O)(=O)c1sc2c(c1C(=O)O)CCNC2. The van der Waals surface area contributed by atoms with E-state index in [2.05, 4.69) is 5.32 Å². The lowest BCUT2D eigenvalue weighted by Gasteiger charge is -2.24. The van der Waals surface area contributed by atoms with Gasteiger partial charge in [-0.05, 0) is 37.8 Å². The van der Waals surface area contributed by atoms with Crippen LogP contribution in [0.15, 0.2) is 4.21 Å². The highest BCUT2D eigenvalue weighted by atomic mass is 32.2. The van der Waals surface area contributed by atoms with Crippen LogP contribution < -0.4 is 5.32 Å². The molecule has 1 aromatic heterocycles. The predicted octanol–water partition coefficient (Wildman–Crippen LogP) is 1.67. The summed E-state index contributed by atoms with van der Waals surface area (Å²) in [6.07, 6.45) is 2.88. The van der Waals surface area contributed by atoms with Crippen molar-refractivity contribution in [2.45, 2.75) is 49.5 Å². The Morgan fingerprint density at radius 3 is 2.92 bits per heavy atom. The highest BCUT2D eigenvalue weighted by molar-refractivity contribution is 7.91. The van der Waals surface area contributed by atoms with Crippen molar-refractivity contribution in [1.82, 2.24) is 9.62 Å². The van der Waals surface area contributed by atoms with Crippen molar-refractivity contribution >= 4 is 27.3 Å². The molecule has 9 heteroatoms. The minimum atomic E-state index is -3.86. The van der Waals surface area contributed by atoms with Crippen LogP contribution in [0.5, 0.6) is 0 Å². The van der Waals surface area contributed by atoms with Crippen LogP contribution in [-0.4, -0.2) is 56.1 Å². The first-order valence-corrected chi connectivity index (χ1v) is 10.9. The van der Waals surface area contributed by atoms with Gasteiger partial charge in [0, 0.05) is 31.1 Å². The number of hydrogen-bond donors (Lipinski definition) is 2. The van der Waals surface area contributed by atoms with Crippen molar-refractivity contribution < 1.29 is 23.1 Å². The topological polar surface area (TPSA) is 95.9 Å². The molecule has 1 saturated heterocycles. The van der Waals surface area contributed by atoms with Crippen LogP contribution in [-0.2, 0) is 27.7 Å². The van der Waals surface area contributed by atoms with E-state index < -0.39 is 16.0 Å². The molecule has 1 fully saturated rings. The molecule has 0 spiro atoms. The van der Waals surface area contributed by atoms with Crippen molar-refractivity contribution in [3.63, 3.8) is 0 Å². The lowest BCUT2D eigenvalue weighted by molar-refractivity contribution is 0.0692. The highest BCUT2D eigenvalue weighted by Gasteiger charge is 2.36. The van der Waals surface area contributed by atoms with E-state index in [4.69, 9.17) is 4.74 Å². The standard InChI is InChI=1S/C16H24N2O5S2/c1-2-7-18(10-11-4-3-8-23-11)25(21,22)16-14(15(19)20)12-5-6-17-9-13(12)24-16/h11,17H,2-10H2,1H3,(H,19,20)/t11-/m0/s1.